The first-order valence-electron chi connectivity index (χ1n) is 7.81. The van der Waals surface area contributed by atoms with Crippen molar-refractivity contribution >= 4 is 16.3 Å². The van der Waals surface area contributed by atoms with Crippen molar-refractivity contribution in [3.05, 3.63) is 85.1 Å². The van der Waals surface area contributed by atoms with Gasteiger partial charge in [0.1, 0.15) is 0 Å². The summed E-state index contributed by atoms with van der Waals surface area (Å²) >= 11 is 0. The maximum Gasteiger partial charge on any atom is 0.0924 e. The van der Waals surface area contributed by atoms with Crippen molar-refractivity contribution in [2.45, 2.75) is 0 Å². The quantitative estimate of drug-likeness (QED) is 0.689. The van der Waals surface area contributed by atoms with E-state index >= 15 is 0 Å². The summed E-state index contributed by atoms with van der Waals surface area (Å²) in [5, 5.41) is 8.78. The first-order valence-corrected chi connectivity index (χ1v) is 7.81. The van der Waals surface area contributed by atoms with Crippen LogP contribution in [0.15, 0.2) is 79.6 Å². The second kappa shape index (κ2) is 5.74. The Hall–Kier alpha value is -3.27. The minimum Gasteiger partial charge on any atom is -0.367 e. The van der Waals surface area contributed by atoms with E-state index < -0.39 is 0 Å². The average molecular weight is 314 g/mol. The molecule has 0 amide bonds. The Labute approximate surface area is 140 Å². The maximum absolute atomic E-state index is 4.19. The number of H-pyrrole nitrogens is 1. The van der Waals surface area contributed by atoms with Crippen LogP contribution in [0.3, 0.4) is 0 Å². The molecule has 3 aromatic rings. The lowest BCUT2D eigenvalue weighted by Crippen LogP contribution is -2.10. The Morgan fingerprint density at radius 3 is 2.67 bits per heavy atom. The van der Waals surface area contributed by atoms with Crippen LogP contribution in [0.4, 0.5) is 0 Å². The van der Waals surface area contributed by atoms with Crippen LogP contribution < -0.4 is 10.6 Å². The Morgan fingerprint density at radius 1 is 1.08 bits per heavy atom. The minimum atomic E-state index is 0.714. The van der Waals surface area contributed by atoms with E-state index in [9.17, 15) is 0 Å². The van der Waals surface area contributed by atoms with Gasteiger partial charge in [-0.2, -0.15) is 0 Å². The number of fused-ring (bicyclic) bond motifs is 1. The molecule has 2 aromatic carbocycles. The molecule has 1 saturated heterocycles. The molecule has 118 valence electrons. The fourth-order valence-corrected chi connectivity index (χ4v) is 2.87. The molecule has 0 atom stereocenters. The third-order valence-electron chi connectivity index (χ3n) is 4.24. The van der Waals surface area contributed by atoms with Crippen molar-refractivity contribution in [1.29, 1.82) is 0 Å². The Bertz CT molecular complexity index is 964. The predicted molar refractivity (Wildman–Crippen MR) is 98.9 cm³/mol. The monoisotopic (exact) mass is 314 g/mol. The van der Waals surface area contributed by atoms with Gasteiger partial charge >= 0.3 is 0 Å². The molecule has 2 heterocycles. The van der Waals surface area contributed by atoms with Gasteiger partial charge in [-0.15, -0.1) is 0 Å². The number of rotatable bonds is 3. The highest BCUT2D eigenvalue weighted by Gasteiger charge is 2.10. The third-order valence-corrected chi connectivity index (χ3v) is 4.24. The molecule has 1 fully saturated rings. The van der Waals surface area contributed by atoms with E-state index in [1.807, 2.05) is 12.3 Å². The second-order valence-corrected chi connectivity index (χ2v) is 5.83. The van der Waals surface area contributed by atoms with E-state index in [1.54, 1.807) is 6.33 Å². The number of nitrogens with one attached hydrogen (secondary N) is 3. The highest BCUT2D eigenvalue weighted by Crippen LogP contribution is 2.26. The average Bonchev–Trinajstić information content (AvgIpc) is 3.26. The lowest BCUT2D eigenvalue weighted by atomic mass is 9.99. The van der Waals surface area contributed by atoms with Gasteiger partial charge < -0.3 is 15.6 Å². The van der Waals surface area contributed by atoms with Crippen LogP contribution in [0, 0.1) is 0 Å². The molecule has 4 nitrogen and oxygen atoms in total. The molecular weight excluding hydrogens is 296 g/mol. The fraction of sp³-hybridized carbons (Fsp3) is 0.0500. The van der Waals surface area contributed by atoms with Gasteiger partial charge in [0.15, 0.2) is 0 Å². The van der Waals surface area contributed by atoms with Crippen molar-refractivity contribution in [3.8, 4) is 11.3 Å². The maximum atomic E-state index is 4.19. The summed E-state index contributed by atoms with van der Waals surface area (Å²) < 4.78 is 0. The van der Waals surface area contributed by atoms with Crippen molar-refractivity contribution < 1.29 is 0 Å². The van der Waals surface area contributed by atoms with Crippen molar-refractivity contribution in [2.24, 2.45) is 0 Å². The Balaban J connectivity index is 1.67. The SMILES string of the molecule is C=C1NCN/C1=C/C(=C)c1ccc2cc(-c3cnc[nH]3)ccc2c1. The fourth-order valence-electron chi connectivity index (χ4n) is 2.87. The van der Waals surface area contributed by atoms with Gasteiger partial charge in [0.2, 0.25) is 0 Å². The van der Waals surface area contributed by atoms with Gasteiger partial charge in [-0.3, -0.25) is 0 Å². The minimum absolute atomic E-state index is 0.714. The van der Waals surface area contributed by atoms with Crippen LogP contribution in [0.2, 0.25) is 0 Å². The topological polar surface area (TPSA) is 52.7 Å². The first-order chi connectivity index (χ1) is 11.7. The number of hydrogen-bond donors (Lipinski definition) is 3. The van der Waals surface area contributed by atoms with E-state index in [0.717, 1.165) is 33.8 Å². The summed E-state index contributed by atoms with van der Waals surface area (Å²) in [4.78, 5) is 7.22. The molecular formula is C20H18N4. The molecule has 4 rings (SSSR count). The van der Waals surface area contributed by atoms with Gasteiger partial charge in [0, 0.05) is 5.56 Å². The molecule has 0 bridgehead atoms. The van der Waals surface area contributed by atoms with Crippen LogP contribution in [0.1, 0.15) is 5.56 Å². The molecule has 0 aliphatic carbocycles. The largest absolute Gasteiger partial charge is 0.367 e. The van der Waals surface area contributed by atoms with Crippen LogP contribution in [-0.2, 0) is 0 Å². The van der Waals surface area contributed by atoms with Crippen molar-refractivity contribution in [2.75, 3.05) is 6.67 Å². The van der Waals surface area contributed by atoms with Gasteiger partial charge in [-0.25, -0.2) is 4.98 Å². The summed E-state index contributed by atoms with van der Waals surface area (Å²) in [6.45, 7) is 8.88. The molecule has 4 heteroatoms. The summed E-state index contributed by atoms with van der Waals surface area (Å²) in [5.41, 5.74) is 6.11. The number of hydrogen-bond acceptors (Lipinski definition) is 3. The molecule has 1 aromatic heterocycles. The van der Waals surface area contributed by atoms with Crippen molar-refractivity contribution in [1.82, 2.24) is 20.6 Å². The third kappa shape index (κ3) is 2.58. The zero-order valence-corrected chi connectivity index (χ0v) is 13.3. The standard InChI is InChI=1S/C20H18N4/c1-13(7-19-14(2)22-12-24-19)15-3-4-17-9-18(6-5-16(17)8-15)20-10-21-11-23-20/h3-11,22,24H,1-2,12H2,(H,21,23)/b19-7+. The number of benzene rings is 2. The number of nitrogens with zero attached hydrogens (tertiary/aromatic N) is 1. The summed E-state index contributed by atoms with van der Waals surface area (Å²) in [5.74, 6) is 0. The lowest BCUT2D eigenvalue weighted by molar-refractivity contribution is 0.840. The van der Waals surface area contributed by atoms with Crippen LogP contribution in [0.5, 0.6) is 0 Å². The number of allylic oxidation sites excluding steroid dienone is 2. The lowest BCUT2D eigenvalue weighted by Gasteiger charge is -2.07. The molecule has 1 aliphatic heterocycles. The van der Waals surface area contributed by atoms with Crippen LogP contribution >= 0.6 is 0 Å². The highest BCUT2D eigenvalue weighted by atomic mass is 15.2. The Morgan fingerprint density at radius 2 is 1.92 bits per heavy atom. The van der Waals surface area contributed by atoms with Crippen LogP contribution in [-0.4, -0.2) is 16.6 Å². The smallest absolute Gasteiger partial charge is 0.0924 e. The van der Waals surface area contributed by atoms with E-state index in [0.29, 0.717) is 6.67 Å². The second-order valence-electron chi connectivity index (χ2n) is 5.83. The number of imidazole rings is 1. The summed E-state index contributed by atoms with van der Waals surface area (Å²) in [7, 11) is 0. The molecule has 0 spiro atoms. The molecule has 0 unspecified atom stereocenters. The Kier molecular flexibility index (Phi) is 3.43. The molecule has 1 aliphatic rings. The zero-order chi connectivity index (χ0) is 16.5. The van der Waals surface area contributed by atoms with Gasteiger partial charge in [0.05, 0.1) is 36.3 Å². The van der Waals surface area contributed by atoms with Crippen LogP contribution in [0.25, 0.3) is 27.6 Å². The van der Waals surface area contributed by atoms with E-state index in [1.165, 1.54) is 10.8 Å². The zero-order valence-electron chi connectivity index (χ0n) is 13.3. The predicted octanol–water partition coefficient (Wildman–Crippen LogP) is 3.79. The molecule has 0 saturated carbocycles. The summed E-state index contributed by atoms with van der Waals surface area (Å²) in [6.07, 6.45) is 5.56. The number of aromatic nitrogens is 2. The van der Waals surface area contributed by atoms with E-state index in [2.05, 4.69) is 70.2 Å². The number of aromatic amines is 1. The first kappa shape index (κ1) is 14.3. The molecule has 24 heavy (non-hydrogen) atoms. The molecule has 3 N–H and O–H groups in total. The normalized spacial score (nSPS) is 15.5. The van der Waals surface area contributed by atoms with Crippen molar-refractivity contribution in [3.63, 3.8) is 0 Å². The van der Waals surface area contributed by atoms with Gasteiger partial charge in [-0.1, -0.05) is 37.4 Å². The highest BCUT2D eigenvalue weighted by molar-refractivity contribution is 5.90. The van der Waals surface area contributed by atoms with Gasteiger partial charge in [0.25, 0.3) is 0 Å². The molecule has 0 radical (unpaired) electrons. The summed E-state index contributed by atoms with van der Waals surface area (Å²) in [6, 6.07) is 12.8. The van der Waals surface area contributed by atoms with Gasteiger partial charge in [-0.05, 0) is 40.1 Å². The van der Waals surface area contributed by atoms with E-state index in [-0.39, 0.29) is 0 Å². The van der Waals surface area contributed by atoms with E-state index in [4.69, 9.17) is 0 Å².